The minimum absolute atomic E-state index is 0.601. The molecule has 0 saturated heterocycles. The monoisotopic (exact) mass is 418 g/mol. The molecule has 0 saturated carbocycles. The van der Waals surface area contributed by atoms with Gasteiger partial charge < -0.3 is 9.47 Å². The molecule has 31 heavy (non-hydrogen) atoms. The van der Waals surface area contributed by atoms with Crippen molar-refractivity contribution in [1.82, 2.24) is 0 Å². The zero-order valence-corrected chi connectivity index (χ0v) is 18.7. The average Bonchev–Trinajstić information content (AvgIpc) is 3.39. The van der Waals surface area contributed by atoms with E-state index in [0.717, 1.165) is 24.3 Å². The molecule has 0 fully saturated rings. The fraction of sp³-hybridized carbons (Fsp3) is 0.143. The first-order valence-corrected chi connectivity index (χ1v) is 11.6. The van der Waals surface area contributed by atoms with Crippen molar-refractivity contribution in [3.05, 3.63) is 95.1 Å². The van der Waals surface area contributed by atoms with Gasteiger partial charge in [0.2, 0.25) is 0 Å². The lowest BCUT2D eigenvalue weighted by atomic mass is 10.0. The molecule has 2 aliphatic carbocycles. The Morgan fingerprint density at radius 3 is 1.48 bits per heavy atom. The molecule has 3 heteroatoms. The van der Waals surface area contributed by atoms with E-state index in [-0.39, 0.29) is 0 Å². The molecule has 4 aromatic carbocycles. The number of methoxy groups -OCH3 is 2. The molecule has 4 aromatic rings. The Labute approximate surface area is 185 Å². The van der Waals surface area contributed by atoms with Gasteiger partial charge in [0.05, 0.1) is 14.2 Å². The lowest BCUT2D eigenvalue weighted by Gasteiger charge is -2.15. The Bertz CT molecular complexity index is 1240. The van der Waals surface area contributed by atoms with Crippen LogP contribution >= 0.6 is 0 Å². The highest BCUT2D eigenvalue weighted by Gasteiger charge is 2.28. The van der Waals surface area contributed by atoms with Crippen LogP contribution in [0.25, 0.3) is 22.3 Å². The predicted octanol–water partition coefficient (Wildman–Crippen LogP) is 4.50. The van der Waals surface area contributed by atoms with E-state index >= 15 is 0 Å². The molecular weight excluding hydrogens is 396 g/mol. The van der Waals surface area contributed by atoms with E-state index in [1.165, 1.54) is 54.9 Å². The summed E-state index contributed by atoms with van der Waals surface area (Å²) in [4.78, 5) is 0. The maximum absolute atomic E-state index is 5.75. The number of rotatable bonds is 4. The maximum atomic E-state index is 5.75. The highest BCUT2D eigenvalue weighted by molar-refractivity contribution is 6.68. The summed E-state index contributed by atoms with van der Waals surface area (Å²) in [7, 11) is 4.14. The van der Waals surface area contributed by atoms with Crippen molar-refractivity contribution in [1.29, 1.82) is 0 Å². The Morgan fingerprint density at radius 2 is 1.03 bits per heavy atom. The summed E-state index contributed by atoms with van der Waals surface area (Å²) in [5, 5.41) is 2.82. The maximum Gasteiger partial charge on any atom is 0.126 e. The second-order valence-electron chi connectivity index (χ2n) is 8.13. The summed E-state index contributed by atoms with van der Waals surface area (Å²) >= 11 is 0. The van der Waals surface area contributed by atoms with Gasteiger partial charge in [-0.2, -0.15) is 0 Å². The van der Waals surface area contributed by atoms with Gasteiger partial charge in [0.1, 0.15) is 21.0 Å². The van der Waals surface area contributed by atoms with E-state index in [4.69, 9.17) is 9.47 Å². The molecule has 0 heterocycles. The van der Waals surface area contributed by atoms with Crippen LogP contribution in [0.5, 0.6) is 11.5 Å². The Morgan fingerprint density at radius 1 is 0.581 bits per heavy atom. The predicted molar refractivity (Wildman–Crippen MR) is 127 cm³/mol. The molecule has 0 amide bonds. The van der Waals surface area contributed by atoms with Crippen molar-refractivity contribution < 1.29 is 9.47 Å². The topological polar surface area (TPSA) is 18.5 Å². The van der Waals surface area contributed by atoms with Crippen LogP contribution in [0.15, 0.2) is 72.8 Å². The fourth-order valence-corrected chi connectivity index (χ4v) is 6.50. The highest BCUT2D eigenvalue weighted by Crippen LogP contribution is 2.43. The minimum atomic E-state index is 0.601. The standard InChI is InChI=1S/C28H22O2Si/c1-29-23-11-13-25(21-15-17-7-3-5-9-19(17)27(21)23)31-26-14-12-24(30-2)28-20-10-6-4-8-18(20)16-22(26)28/h3-14H,15-16H2,1-2H3. The number of benzene rings is 4. The molecule has 2 radical (unpaired) electrons. The van der Waals surface area contributed by atoms with Crippen molar-refractivity contribution in [3.8, 4) is 33.8 Å². The number of hydrogen-bond donors (Lipinski definition) is 0. The fourth-order valence-electron chi connectivity index (χ4n) is 5.15. The second kappa shape index (κ2) is 7.14. The van der Waals surface area contributed by atoms with Gasteiger partial charge in [0.25, 0.3) is 0 Å². The summed E-state index contributed by atoms with van der Waals surface area (Å²) in [5.41, 5.74) is 10.8. The van der Waals surface area contributed by atoms with E-state index in [1.54, 1.807) is 14.2 Å². The third-order valence-electron chi connectivity index (χ3n) is 6.57. The third-order valence-corrected chi connectivity index (χ3v) is 8.04. The van der Waals surface area contributed by atoms with Gasteiger partial charge in [-0.1, -0.05) is 71.0 Å². The smallest absolute Gasteiger partial charge is 0.126 e. The zero-order valence-electron chi connectivity index (χ0n) is 17.7. The summed E-state index contributed by atoms with van der Waals surface area (Å²) < 4.78 is 11.5. The van der Waals surface area contributed by atoms with Crippen LogP contribution in [-0.2, 0) is 12.8 Å². The van der Waals surface area contributed by atoms with E-state index in [1.807, 2.05) is 0 Å². The summed E-state index contributed by atoms with van der Waals surface area (Å²) in [6, 6.07) is 26.2. The van der Waals surface area contributed by atoms with E-state index in [9.17, 15) is 0 Å². The molecule has 150 valence electrons. The van der Waals surface area contributed by atoms with Gasteiger partial charge in [0, 0.05) is 11.1 Å². The van der Waals surface area contributed by atoms with Crippen molar-refractivity contribution in [2.24, 2.45) is 0 Å². The van der Waals surface area contributed by atoms with Crippen molar-refractivity contribution >= 4 is 19.9 Å². The molecule has 0 aromatic heterocycles. The van der Waals surface area contributed by atoms with Crippen molar-refractivity contribution in [2.45, 2.75) is 12.8 Å². The number of ether oxygens (including phenoxy) is 2. The summed E-state index contributed by atoms with van der Waals surface area (Å²) in [5.74, 6) is 1.95. The Balaban J connectivity index is 1.48. The van der Waals surface area contributed by atoms with E-state index in [0.29, 0.717) is 9.52 Å². The quantitative estimate of drug-likeness (QED) is 0.393. The van der Waals surface area contributed by atoms with E-state index in [2.05, 4.69) is 72.8 Å². The number of hydrogen-bond acceptors (Lipinski definition) is 2. The molecule has 0 spiro atoms. The molecule has 0 N–H and O–H groups in total. The van der Waals surface area contributed by atoms with Crippen molar-refractivity contribution in [2.75, 3.05) is 14.2 Å². The second-order valence-corrected chi connectivity index (χ2v) is 9.46. The zero-order chi connectivity index (χ0) is 20.9. The van der Waals surface area contributed by atoms with Gasteiger partial charge in [-0.05, 0) is 58.4 Å². The molecule has 0 atom stereocenters. The Kier molecular flexibility index (Phi) is 4.25. The first-order valence-electron chi connectivity index (χ1n) is 10.6. The first kappa shape index (κ1) is 18.5. The van der Waals surface area contributed by atoms with Gasteiger partial charge in [0.15, 0.2) is 0 Å². The van der Waals surface area contributed by atoms with Crippen LogP contribution in [-0.4, -0.2) is 23.7 Å². The average molecular weight is 419 g/mol. The van der Waals surface area contributed by atoms with Crippen molar-refractivity contribution in [3.63, 3.8) is 0 Å². The van der Waals surface area contributed by atoms with Crippen LogP contribution in [0.2, 0.25) is 0 Å². The molecule has 0 bridgehead atoms. The van der Waals surface area contributed by atoms with Crippen LogP contribution < -0.4 is 19.8 Å². The lowest BCUT2D eigenvalue weighted by molar-refractivity contribution is 0.416. The molecule has 6 rings (SSSR count). The summed E-state index contributed by atoms with van der Waals surface area (Å²) in [6.07, 6.45) is 1.95. The van der Waals surface area contributed by atoms with Crippen LogP contribution in [0.4, 0.5) is 0 Å². The SMILES string of the molecule is COc1ccc([Si]c2ccc(OC)c3c2Cc2ccccc2-3)c2c1-c1ccccc1C2. The van der Waals surface area contributed by atoms with Crippen LogP contribution in [0.3, 0.4) is 0 Å². The summed E-state index contributed by atoms with van der Waals surface area (Å²) in [6.45, 7) is 0. The molecule has 0 aliphatic heterocycles. The van der Waals surface area contributed by atoms with Crippen LogP contribution in [0, 0.1) is 0 Å². The molecule has 0 unspecified atom stereocenters. The van der Waals surface area contributed by atoms with Crippen LogP contribution in [0.1, 0.15) is 22.3 Å². The number of fused-ring (bicyclic) bond motifs is 6. The largest absolute Gasteiger partial charge is 0.496 e. The molecule has 2 nitrogen and oxygen atoms in total. The minimum Gasteiger partial charge on any atom is -0.496 e. The first-order chi connectivity index (χ1) is 15.3. The normalized spacial score (nSPS) is 12.7. The highest BCUT2D eigenvalue weighted by atomic mass is 28.2. The molecule has 2 aliphatic rings. The van der Waals surface area contributed by atoms with E-state index < -0.39 is 0 Å². The van der Waals surface area contributed by atoms with Gasteiger partial charge >= 0.3 is 0 Å². The third kappa shape index (κ3) is 2.77. The molecular formula is C28H22O2Si. The van der Waals surface area contributed by atoms with Gasteiger partial charge in [-0.15, -0.1) is 0 Å². The van der Waals surface area contributed by atoms with Gasteiger partial charge in [-0.3, -0.25) is 0 Å². The Hall–Kier alpha value is -3.30. The van der Waals surface area contributed by atoms with Gasteiger partial charge in [-0.25, -0.2) is 0 Å². The lowest BCUT2D eigenvalue weighted by Crippen LogP contribution is -2.32.